The van der Waals surface area contributed by atoms with Gasteiger partial charge in [-0.2, -0.15) is 5.10 Å². The number of hydrazone groups is 1. The Bertz CT molecular complexity index is 748. The number of carbonyl (C=O) groups is 2. The standard InChI is InChI=1S/C17H16BrN3O3/c18-13-6-7-15(22)12(10-13)11-19-21-17(24)9-8-16(23)20-14-4-2-1-3-5-14/h1-7,10-11,22H,8-9H2,(H,20,23)(H,21,24)/b19-11-. The van der Waals surface area contributed by atoms with Gasteiger partial charge in [-0.05, 0) is 30.3 Å². The zero-order chi connectivity index (χ0) is 17.4. The van der Waals surface area contributed by atoms with Gasteiger partial charge in [-0.15, -0.1) is 0 Å². The molecule has 0 radical (unpaired) electrons. The number of benzene rings is 2. The highest BCUT2D eigenvalue weighted by Gasteiger charge is 2.06. The Hall–Kier alpha value is -2.67. The molecule has 24 heavy (non-hydrogen) atoms. The second kappa shape index (κ2) is 8.83. The van der Waals surface area contributed by atoms with E-state index in [2.05, 4.69) is 31.8 Å². The summed E-state index contributed by atoms with van der Waals surface area (Å²) in [5, 5.41) is 16.1. The summed E-state index contributed by atoms with van der Waals surface area (Å²) in [6.45, 7) is 0. The molecule has 0 heterocycles. The molecule has 2 aromatic rings. The Morgan fingerprint density at radius 2 is 1.79 bits per heavy atom. The molecule has 0 atom stereocenters. The van der Waals surface area contributed by atoms with Crippen molar-refractivity contribution in [2.45, 2.75) is 12.8 Å². The van der Waals surface area contributed by atoms with Crippen molar-refractivity contribution >= 4 is 39.6 Å². The Kier molecular flexibility index (Phi) is 6.51. The summed E-state index contributed by atoms with van der Waals surface area (Å²) in [6.07, 6.45) is 1.40. The van der Waals surface area contributed by atoms with Crippen molar-refractivity contribution in [2.75, 3.05) is 5.32 Å². The third-order valence-corrected chi connectivity index (χ3v) is 3.51. The number of anilines is 1. The molecular weight excluding hydrogens is 374 g/mol. The highest BCUT2D eigenvalue weighted by Crippen LogP contribution is 2.19. The molecule has 0 bridgehead atoms. The van der Waals surface area contributed by atoms with E-state index in [4.69, 9.17) is 0 Å². The molecule has 0 fully saturated rings. The van der Waals surface area contributed by atoms with E-state index in [0.29, 0.717) is 11.3 Å². The van der Waals surface area contributed by atoms with E-state index in [1.807, 2.05) is 18.2 Å². The van der Waals surface area contributed by atoms with Gasteiger partial charge in [0.25, 0.3) is 0 Å². The number of rotatable bonds is 6. The minimum atomic E-state index is -0.385. The van der Waals surface area contributed by atoms with Gasteiger partial charge in [0.1, 0.15) is 5.75 Å². The number of carbonyl (C=O) groups excluding carboxylic acids is 2. The highest BCUT2D eigenvalue weighted by molar-refractivity contribution is 9.10. The minimum absolute atomic E-state index is 0.0144. The maximum absolute atomic E-state index is 11.7. The van der Waals surface area contributed by atoms with Gasteiger partial charge < -0.3 is 10.4 Å². The second-order valence-corrected chi connectivity index (χ2v) is 5.83. The molecule has 0 saturated carbocycles. The molecular formula is C17H16BrN3O3. The van der Waals surface area contributed by atoms with E-state index in [9.17, 15) is 14.7 Å². The normalized spacial score (nSPS) is 10.5. The molecule has 0 aliphatic heterocycles. The fourth-order valence-corrected chi connectivity index (χ4v) is 2.21. The third-order valence-electron chi connectivity index (χ3n) is 3.02. The van der Waals surface area contributed by atoms with Crippen molar-refractivity contribution in [3.05, 3.63) is 58.6 Å². The lowest BCUT2D eigenvalue weighted by molar-refractivity contribution is -0.124. The number of halogens is 1. The van der Waals surface area contributed by atoms with E-state index in [-0.39, 0.29) is 30.4 Å². The summed E-state index contributed by atoms with van der Waals surface area (Å²) in [7, 11) is 0. The van der Waals surface area contributed by atoms with Crippen LogP contribution in [-0.2, 0) is 9.59 Å². The van der Waals surface area contributed by atoms with Crippen LogP contribution in [0.25, 0.3) is 0 Å². The van der Waals surface area contributed by atoms with Crippen LogP contribution in [0.2, 0.25) is 0 Å². The zero-order valence-corrected chi connectivity index (χ0v) is 14.3. The van der Waals surface area contributed by atoms with Crippen LogP contribution in [0.1, 0.15) is 18.4 Å². The summed E-state index contributed by atoms with van der Waals surface area (Å²) in [5.74, 6) is -0.577. The van der Waals surface area contributed by atoms with Crippen LogP contribution in [0.15, 0.2) is 58.1 Å². The van der Waals surface area contributed by atoms with Gasteiger partial charge in [0, 0.05) is 28.6 Å². The average molecular weight is 390 g/mol. The zero-order valence-electron chi connectivity index (χ0n) is 12.7. The van der Waals surface area contributed by atoms with Gasteiger partial charge in [0.15, 0.2) is 0 Å². The second-order valence-electron chi connectivity index (χ2n) is 4.91. The van der Waals surface area contributed by atoms with Gasteiger partial charge in [-0.25, -0.2) is 5.43 Å². The molecule has 3 N–H and O–H groups in total. The van der Waals surface area contributed by atoms with E-state index in [1.165, 1.54) is 12.3 Å². The third kappa shape index (κ3) is 5.85. The number of nitrogens with one attached hydrogen (secondary N) is 2. The van der Waals surface area contributed by atoms with Gasteiger partial charge in [-0.3, -0.25) is 9.59 Å². The summed E-state index contributed by atoms with van der Waals surface area (Å²) in [5.41, 5.74) is 3.47. The van der Waals surface area contributed by atoms with Crippen molar-refractivity contribution in [3.63, 3.8) is 0 Å². The van der Waals surface area contributed by atoms with Gasteiger partial charge in [0.05, 0.1) is 6.21 Å². The molecule has 0 aromatic heterocycles. The first kappa shape index (κ1) is 17.7. The number of amides is 2. The number of hydrogen-bond acceptors (Lipinski definition) is 4. The summed E-state index contributed by atoms with van der Waals surface area (Å²) in [6, 6.07) is 13.9. The van der Waals surface area contributed by atoms with E-state index >= 15 is 0 Å². The first-order valence-corrected chi connectivity index (χ1v) is 7.99. The van der Waals surface area contributed by atoms with E-state index in [1.54, 1.807) is 24.3 Å². The van der Waals surface area contributed by atoms with Crippen LogP contribution in [-0.4, -0.2) is 23.1 Å². The Balaban J connectivity index is 1.76. The molecule has 7 heteroatoms. The van der Waals surface area contributed by atoms with Crippen LogP contribution in [0.3, 0.4) is 0 Å². The number of aromatic hydroxyl groups is 1. The predicted molar refractivity (Wildman–Crippen MR) is 95.8 cm³/mol. The SMILES string of the molecule is O=C(CCC(=O)Nc1ccccc1)N/N=C\c1cc(Br)ccc1O. The van der Waals surface area contributed by atoms with E-state index in [0.717, 1.165) is 4.47 Å². The van der Waals surface area contributed by atoms with Gasteiger partial charge in [0.2, 0.25) is 11.8 Å². The predicted octanol–water partition coefficient (Wildman–Crippen LogP) is 3.02. The molecule has 0 aliphatic carbocycles. The molecule has 0 aliphatic rings. The molecule has 2 amide bonds. The van der Waals surface area contributed by atoms with Gasteiger partial charge >= 0.3 is 0 Å². The Labute approximate surface area is 147 Å². The van der Waals surface area contributed by atoms with Crippen LogP contribution >= 0.6 is 15.9 Å². The monoisotopic (exact) mass is 389 g/mol. The Morgan fingerprint density at radius 3 is 2.54 bits per heavy atom. The van der Waals surface area contributed by atoms with Crippen molar-refractivity contribution < 1.29 is 14.7 Å². The molecule has 0 spiro atoms. The number of phenolic OH excluding ortho intramolecular Hbond substituents is 1. The lowest BCUT2D eigenvalue weighted by Crippen LogP contribution is -2.20. The number of phenols is 1. The molecule has 2 rings (SSSR count). The van der Waals surface area contributed by atoms with Crippen LogP contribution in [0, 0.1) is 0 Å². The lowest BCUT2D eigenvalue weighted by Gasteiger charge is -2.04. The Morgan fingerprint density at radius 1 is 1.08 bits per heavy atom. The maximum atomic E-state index is 11.7. The first-order valence-electron chi connectivity index (χ1n) is 7.20. The average Bonchev–Trinajstić information content (AvgIpc) is 2.57. The van der Waals surface area contributed by atoms with Gasteiger partial charge in [-0.1, -0.05) is 34.1 Å². The van der Waals surface area contributed by atoms with Crippen LogP contribution in [0.5, 0.6) is 5.75 Å². The molecule has 124 valence electrons. The fourth-order valence-electron chi connectivity index (χ4n) is 1.83. The maximum Gasteiger partial charge on any atom is 0.240 e. The molecule has 6 nitrogen and oxygen atoms in total. The highest BCUT2D eigenvalue weighted by atomic mass is 79.9. The topological polar surface area (TPSA) is 90.8 Å². The minimum Gasteiger partial charge on any atom is -0.507 e. The molecule has 0 unspecified atom stereocenters. The summed E-state index contributed by atoms with van der Waals surface area (Å²) < 4.78 is 0.783. The first-order chi connectivity index (χ1) is 11.5. The van der Waals surface area contributed by atoms with Crippen molar-refractivity contribution in [2.24, 2.45) is 5.10 Å². The molecule has 0 saturated heterocycles. The molecule has 2 aromatic carbocycles. The largest absolute Gasteiger partial charge is 0.507 e. The fraction of sp³-hybridized carbons (Fsp3) is 0.118. The number of para-hydroxylation sites is 1. The van der Waals surface area contributed by atoms with Crippen molar-refractivity contribution in [1.82, 2.24) is 5.43 Å². The van der Waals surface area contributed by atoms with Crippen LogP contribution in [0.4, 0.5) is 5.69 Å². The van der Waals surface area contributed by atoms with Crippen molar-refractivity contribution in [3.8, 4) is 5.75 Å². The number of nitrogens with zero attached hydrogens (tertiary/aromatic N) is 1. The van der Waals surface area contributed by atoms with Crippen LogP contribution < -0.4 is 10.7 Å². The summed E-state index contributed by atoms with van der Waals surface area (Å²) in [4.78, 5) is 23.4. The lowest BCUT2D eigenvalue weighted by atomic mass is 10.2. The van der Waals surface area contributed by atoms with Crippen molar-refractivity contribution in [1.29, 1.82) is 0 Å². The summed E-state index contributed by atoms with van der Waals surface area (Å²) >= 11 is 3.28. The number of hydrogen-bond donors (Lipinski definition) is 3. The quantitative estimate of drug-likeness (QED) is 0.523. The smallest absolute Gasteiger partial charge is 0.240 e. The van der Waals surface area contributed by atoms with E-state index < -0.39 is 0 Å².